The van der Waals surface area contributed by atoms with Crippen LogP contribution >= 0.6 is 11.6 Å². The molecule has 1 saturated heterocycles. The van der Waals surface area contributed by atoms with Crippen molar-refractivity contribution in [1.29, 1.82) is 0 Å². The van der Waals surface area contributed by atoms with Crippen molar-refractivity contribution in [3.05, 3.63) is 34.9 Å². The van der Waals surface area contributed by atoms with Gasteiger partial charge in [0.05, 0.1) is 5.92 Å². The van der Waals surface area contributed by atoms with Gasteiger partial charge in [-0.3, -0.25) is 14.4 Å². The molecule has 0 radical (unpaired) electrons. The standard InChI is InChI=1S/C16H20ClN3O3/c1-10(14(18)21)19-15(22)12-3-2-8-20(9-12)16(23)11-4-6-13(17)7-5-11/h4-7,10,12H,2-3,8-9H2,1H3,(H2,18,21)(H,19,22). The van der Waals surface area contributed by atoms with E-state index in [1.165, 1.54) is 0 Å². The highest BCUT2D eigenvalue weighted by Gasteiger charge is 2.30. The number of amides is 3. The minimum Gasteiger partial charge on any atom is -0.368 e. The van der Waals surface area contributed by atoms with Gasteiger partial charge in [-0.2, -0.15) is 0 Å². The number of piperidine rings is 1. The van der Waals surface area contributed by atoms with E-state index >= 15 is 0 Å². The number of nitrogens with two attached hydrogens (primary N) is 1. The molecule has 0 aromatic heterocycles. The van der Waals surface area contributed by atoms with Gasteiger partial charge < -0.3 is 16.0 Å². The SMILES string of the molecule is CC(NC(=O)C1CCCN(C(=O)c2ccc(Cl)cc2)C1)C(N)=O. The molecule has 0 saturated carbocycles. The molecule has 0 aliphatic carbocycles. The van der Waals surface area contributed by atoms with Crippen LogP contribution in [0.5, 0.6) is 0 Å². The summed E-state index contributed by atoms with van der Waals surface area (Å²) in [5.41, 5.74) is 5.69. The highest BCUT2D eigenvalue weighted by molar-refractivity contribution is 6.30. The second-order valence-corrected chi connectivity index (χ2v) is 6.17. The van der Waals surface area contributed by atoms with Crippen LogP contribution in [0.3, 0.4) is 0 Å². The van der Waals surface area contributed by atoms with Gasteiger partial charge in [-0.25, -0.2) is 0 Å². The number of rotatable bonds is 4. The molecular weight excluding hydrogens is 318 g/mol. The second-order valence-electron chi connectivity index (χ2n) is 5.73. The predicted octanol–water partition coefficient (Wildman–Crippen LogP) is 1.18. The third-order valence-corrected chi connectivity index (χ3v) is 4.21. The Balaban J connectivity index is 2.00. The molecule has 1 aliphatic heterocycles. The molecule has 0 bridgehead atoms. The van der Waals surface area contributed by atoms with Crippen LogP contribution in [0, 0.1) is 5.92 Å². The first-order chi connectivity index (χ1) is 10.9. The van der Waals surface area contributed by atoms with E-state index in [0.29, 0.717) is 30.1 Å². The Kier molecular flexibility index (Phi) is 5.60. The molecule has 1 aromatic rings. The van der Waals surface area contributed by atoms with Gasteiger partial charge in [-0.15, -0.1) is 0 Å². The maximum Gasteiger partial charge on any atom is 0.253 e. The summed E-state index contributed by atoms with van der Waals surface area (Å²) >= 11 is 5.83. The van der Waals surface area contributed by atoms with Gasteiger partial charge >= 0.3 is 0 Å². The van der Waals surface area contributed by atoms with E-state index in [1.807, 2.05) is 0 Å². The minimum atomic E-state index is -0.718. The van der Waals surface area contributed by atoms with Crippen LogP contribution in [0.2, 0.25) is 5.02 Å². The largest absolute Gasteiger partial charge is 0.368 e. The zero-order valence-corrected chi connectivity index (χ0v) is 13.7. The molecule has 124 valence electrons. The second kappa shape index (κ2) is 7.46. The maximum atomic E-state index is 12.5. The summed E-state index contributed by atoms with van der Waals surface area (Å²) in [6, 6.07) is 5.95. The third-order valence-electron chi connectivity index (χ3n) is 3.96. The van der Waals surface area contributed by atoms with Gasteiger partial charge in [-0.05, 0) is 44.0 Å². The number of nitrogens with one attached hydrogen (secondary N) is 1. The molecule has 0 spiro atoms. The number of likely N-dealkylation sites (tertiary alicyclic amines) is 1. The summed E-state index contributed by atoms with van der Waals surface area (Å²) < 4.78 is 0. The highest BCUT2D eigenvalue weighted by atomic mass is 35.5. The fourth-order valence-electron chi connectivity index (χ4n) is 2.55. The average molecular weight is 338 g/mol. The molecule has 1 aliphatic rings. The van der Waals surface area contributed by atoms with Crippen LogP contribution < -0.4 is 11.1 Å². The number of nitrogens with zero attached hydrogens (tertiary/aromatic N) is 1. The topological polar surface area (TPSA) is 92.5 Å². The predicted molar refractivity (Wildman–Crippen MR) is 86.9 cm³/mol. The number of benzene rings is 1. The molecule has 2 rings (SSSR count). The lowest BCUT2D eigenvalue weighted by atomic mass is 9.96. The molecule has 7 heteroatoms. The van der Waals surface area contributed by atoms with Crippen molar-refractivity contribution in [1.82, 2.24) is 10.2 Å². The van der Waals surface area contributed by atoms with Crippen molar-refractivity contribution in [3.63, 3.8) is 0 Å². The van der Waals surface area contributed by atoms with Gasteiger partial charge in [0, 0.05) is 23.7 Å². The first-order valence-electron chi connectivity index (χ1n) is 7.53. The highest BCUT2D eigenvalue weighted by Crippen LogP contribution is 2.20. The molecule has 2 unspecified atom stereocenters. The smallest absolute Gasteiger partial charge is 0.253 e. The number of carbonyl (C=O) groups excluding carboxylic acids is 3. The fraction of sp³-hybridized carbons (Fsp3) is 0.438. The Morgan fingerprint density at radius 3 is 2.57 bits per heavy atom. The molecule has 3 amide bonds. The van der Waals surface area contributed by atoms with Gasteiger partial charge in [0.15, 0.2) is 0 Å². The van der Waals surface area contributed by atoms with Crippen molar-refractivity contribution in [2.24, 2.45) is 11.7 Å². The van der Waals surface area contributed by atoms with Gasteiger partial charge in [0.2, 0.25) is 11.8 Å². The van der Waals surface area contributed by atoms with E-state index < -0.39 is 11.9 Å². The van der Waals surface area contributed by atoms with Crippen molar-refractivity contribution < 1.29 is 14.4 Å². The molecule has 23 heavy (non-hydrogen) atoms. The summed E-state index contributed by atoms with van der Waals surface area (Å²) in [6.07, 6.45) is 1.42. The lowest BCUT2D eigenvalue weighted by molar-refractivity contribution is -0.130. The summed E-state index contributed by atoms with van der Waals surface area (Å²) in [7, 11) is 0. The Morgan fingerprint density at radius 1 is 1.30 bits per heavy atom. The van der Waals surface area contributed by atoms with Crippen LogP contribution in [-0.4, -0.2) is 41.8 Å². The third kappa shape index (κ3) is 4.45. The van der Waals surface area contributed by atoms with Crippen molar-refractivity contribution >= 4 is 29.3 Å². The van der Waals surface area contributed by atoms with E-state index in [0.717, 1.165) is 6.42 Å². The number of halogens is 1. The van der Waals surface area contributed by atoms with Crippen LogP contribution in [0.1, 0.15) is 30.1 Å². The van der Waals surface area contributed by atoms with Gasteiger partial charge in [0.25, 0.3) is 5.91 Å². The average Bonchev–Trinajstić information content (AvgIpc) is 2.54. The Hall–Kier alpha value is -2.08. The molecule has 1 fully saturated rings. The first-order valence-corrected chi connectivity index (χ1v) is 7.91. The lowest BCUT2D eigenvalue weighted by Gasteiger charge is -2.32. The lowest BCUT2D eigenvalue weighted by Crippen LogP contribution is -2.49. The number of carbonyl (C=O) groups is 3. The zero-order valence-electron chi connectivity index (χ0n) is 12.9. The van der Waals surface area contributed by atoms with E-state index in [-0.39, 0.29) is 17.7 Å². The van der Waals surface area contributed by atoms with Crippen LogP contribution in [0.15, 0.2) is 24.3 Å². The van der Waals surface area contributed by atoms with Crippen LogP contribution in [0.25, 0.3) is 0 Å². The summed E-state index contributed by atoms with van der Waals surface area (Å²) in [5.74, 6) is -1.28. The Bertz CT molecular complexity index is 603. The molecule has 1 heterocycles. The van der Waals surface area contributed by atoms with Crippen molar-refractivity contribution in [2.75, 3.05) is 13.1 Å². The Labute approximate surface area is 140 Å². The quantitative estimate of drug-likeness (QED) is 0.864. The van der Waals surface area contributed by atoms with Crippen molar-refractivity contribution in [3.8, 4) is 0 Å². The summed E-state index contributed by atoms with van der Waals surface area (Å²) in [4.78, 5) is 37.4. The summed E-state index contributed by atoms with van der Waals surface area (Å²) in [6.45, 7) is 2.48. The zero-order chi connectivity index (χ0) is 17.0. The van der Waals surface area contributed by atoms with E-state index in [1.54, 1.807) is 36.1 Å². The normalized spacial score (nSPS) is 19.0. The monoisotopic (exact) mass is 337 g/mol. The number of primary amides is 1. The minimum absolute atomic E-state index is 0.123. The van der Waals surface area contributed by atoms with E-state index in [9.17, 15) is 14.4 Å². The molecular formula is C16H20ClN3O3. The Morgan fingerprint density at radius 2 is 1.96 bits per heavy atom. The fourth-order valence-corrected chi connectivity index (χ4v) is 2.68. The molecule has 1 aromatic carbocycles. The van der Waals surface area contributed by atoms with Gasteiger partial charge in [-0.1, -0.05) is 11.6 Å². The summed E-state index contributed by atoms with van der Waals surface area (Å²) in [5, 5.41) is 3.15. The van der Waals surface area contributed by atoms with Crippen LogP contribution in [0.4, 0.5) is 0 Å². The maximum absolute atomic E-state index is 12.5. The van der Waals surface area contributed by atoms with E-state index in [2.05, 4.69) is 5.32 Å². The van der Waals surface area contributed by atoms with E-state index in [4.69, 9.17) is 17.3 Å². The van der Waals surface area contributed by atoms with Gasteiger partial charge in [0.1, 0.15) is 6.04 Å². The molecule has 6 nitrogen and oxygen atoms in total. The molecule has 2 atom stereocenters. The number of hydrogen-bond acceptors (Lipinski definition) is 3. The number of hydrogen-bond donors (Lipinski definition) is 2. The first kappa shape index (κ1) is 17.3. The van der Waals surface area contributed by atoms with Crippen molar-refractivity contribution in [2.45, 2.75) is 25.8 Å². The molecule has 3 N–H and O–H groups in total. The van der Waals surface area contributed by atoms with Crippen LogP contribution in [-0.2, 0) is 9.59 Å².